The van der Waals surface area contributed by atoms with Gasteiger partial charge in [-0.25, -0.2) is 0 Å². The summed E-state index contributed by atoms with van der Waals surface area (Å²) in [5.74, 6) is 1.45. The van der Waals surface area contributed by atoms with Crippen LogP contribution in [0.4, 0.5) is 0 Å². The molecule has 2 N–H and O–H groups in total. The highest BCUT2D eigenvalue weighted by atomic mass is 16.2. The summed E-state index contributed by atoms with van der Waals surface area (Å²) in [5.41, 5.74) is 0.295. The molecule has 2 saturated heterocycles. The van der Waals surface area contributed by atoms with Gasteiger partial charge in [0.1, 0.15) is 0 Å². The second-order valence-electron chi connectivity index (χ2n) is 8.18. The largest absolute Gasteiger partial charge is 0.356 e. The van der Waals surface area contributed by atoms with E-state index in [1.165, 1.54) is 12.8 Å². The fourth-order valence-electron chi connectivity index (χ4n) is 4.50. The van der Waals surface area contributed by atoms with Crippen LogP contribution in [-0.4, -0.2) is 49.4 Å². The second kappa shape index (κ2) is 6.08. The molecular weight excluding hydrogens is 290 g/mol. The molecule has 2 atom stereocenters. The second-order valence-corrected chi connectivity index (χ2v) is 8.18. The minimum absolute atomic E-state index is 0.00849. The number of hydrogen-bond acceptors (Lipinski definition) is 3. The SMILES string of the molecule is O=C(NCC1CC1)C1CCCN(C(=O)C2CC23CCNCC3)C1. The zero-order chi connectivity index (χ0) is 15.9. The highest BCUT2D eigenvalue weighted by Gasteiger charge is 2.58. The van der Waals surface area contributed by atoms with Crippen molar-refractivity contribution in [1.29, 1.82) is 0 Å². The molecule has 4 aliphatic rings. The van der Waals surface area contributed by atoms with Crippen LogP contribution >= 0.6 is 0 Å². The zero-order valence-corrected chi connectivity index (χ0v) is 14.0. The number of carbonyl (C=O) groups is 2. The average Bonchev–Trinajstić information content (AvgIpc) is 3.50. The van der Waals surface area contributed by atoms with E-state index in [0.717, 1.165) is 58.3 Å². The standard InChI is InChI=1S/C18H29N3O2/c22-16(20-11-13-3-4-13)14-2-1-9-21(12-14)17(23)15-10-18(15)5-7-19-8-6-18/h13-15,19H,1-12H2,(H,20,22). The van der Waals surface area contributed by atoms with Crippen LogP contribution in [0, 0.1) is 23.2 Å². The maximum atomic E-state index is 12.9. The number of amides is 2. The van der Waals surface area contributed by atoms with Crippen molar-refractivity contribution >= 4 is 11.8 Å². The summed E-state index contributed by atoms with van der Waals surface area (Å²) in [5, 5.41) is 6.48. The Balaban J connectivity index is 1.30. The summed E-state index contributed by atoms with van der Waals surface area (Å²) in [6, 6.07) is 0. The van der Waals surface area contributed by atoms with E-state index in [0.29, 0.717) is 23.8 Å². The van der Waals surface area contributed by atoms with Gasteiger partial charge in [0, 0.05) is 25.6 Å². The van der Waals surface area contributed by atoms with E-state index in [4.69, 9.17) is 0 Å². The molecule has 0 bridgehead atoms. The van der Waals surface area contributed by atoms with Crippen molar-refractivity contribution < 1.29 is 9.59 Å². The Hall–Kier alpha value is -1.10. The van der Waals surface area contributed by atoms with E-state index in [2.05, 4.69) is 10.6 Å². The number of nitrogens with zero attached hydrogens (tertiary/aromatic N) is 1. The van der Waals surface area contributed by atoms with Crippen molar-refractivity contribution in [2.24, 2.45) is 23.2 Å². The van der Waals surface area contributed by atoms with Crippen LogP contribution in [0.5, 0.6) is 0 Å². The third-order valence-corrected chi connectivity index (χ3v) is 6.45. The number of carbonyl (C=O) groups excluding carboxylic acids is 2. The maximum Gasteiger partial charge on any atom is 0.226 e. The first kappa shape index (κ1) is 15.4. The van der Waals surface area contributed by atoms with Gasteiger partial charge in [0.05, 0.1) is 5.92 Å². The molecule has 0 radical (unpaired) electrons. The van der Waals surface area contributed by atoms with Gasteiger partial charge in [-0.1, -0.05) is 0 Å². The fraction of sp³-hybridized carbons (Fsp3) is 0.889. The number of nitrogens with one attached hydrogen (secondary N) is 2. The molecule has 5 heteroatoms. The van der Waals surface area contributed by atoms with Crippen LogP contribution in [0.3, 0.4) is 0 Å². The van der Waals surface area contributed by atoms with Crippen molar-refractivity contribution in [3.05, 3.63) is 0 Å². The number of hydrogen-bond donors (Lipinski definition) is 2. The molecule has 23 heavy (non-hydrogen) atoms. The topological polar surface area (TPSA) is 61.4 Å². The molecule has 2 heterocycles. The molecule has 2 aliphatic carbocycles. The van der Waals surface area contributed by atoms with Gasteiger partial charge in [-0.2, -0.15) is 0 Å². The van der Waals surface area contributed by atoms with Crippen LogP contribution in [0.2, 0.25) is 0 Å². The van der Waals surface area contributed by atoms with E-state index in [9.17, 15) is 9.59 Å². The molecule has 5 nitrogen and oxygen atoms in total. The van der Waals surface area contributed by atoms with E-state index in [1.54, 1.807) is 0 Å². The van der Waals surface area contributed by atoms with Crippen LogP contribution in [-0.2, 0) is 9.59 Å². The minimum Gasteiger partial charge on any atom is -0.356 e. The summed E-state index contributed by atoms with van der Waals surface area (Å²) in [4.78, 5) is 27.2. The lowest BCUT2D eigenvalue weighted by atomic mass is 9.91. The van der Waals surface area contributed by atoms with Crippen molar-refractivity contribution in [2.45, 2.75) is 44.9 Å². The number of rotatable bonds is 4. The number of likely N-dealkylation sites (tertiary alicyclic amines) is 1. The van der Waals surface area contributed by atoms with Gasteiger partial charge in [0.2, 0.25) is 11.8 Å². The lowest BCUT2D eigenvalue weighted by Crippen LogP contribution is -2.47. The Bertz CT molecular complexity index is 483. The monoisotopic (exact) mass is 319 g/mol. The summed E-state index contributed by atoms with van der Waals surface area (Å²) in [6.45, 7) is 4.42. The molecule has 128 valence electrons. The molecule has 2 saturated carbocycles. The lowest BCUT2D eigenvalue weighted by molar-refractivity contribution is -0.137. The molecular formula is C18H29N3O2. The highest BCUT2D eigenvalue weighted by Crippen LogP contribution is 2.59. The van der Waals surface area contributed by atoms with Crippen LogP contribution in [0.25, 0.3) is 0 Å². The zero-order valence-electron chi connectivity index (χ0n) is 14.0. The Kier molecular flexibility index (Phi) is 4.08. The predicted octanol–water partition coefficient (Wildman–Crippen LogP) is 1.14. The maximum absolute atomic E-state index is 12.9. The first-order chi connectivity index (χ1) is 11.2. The Morgan fingerprint density at radius 2 is 1.96 bits per heavy atom. The molecule has 0 aromatic heterocycles. The smallest absolute Gasteiger partial charge is 0.226 e. The summed E-state index contributed by atoms with van der Waals surface area (Å²) < 4.78 is 0. The molecule has 0 aromatic carbocycles. The quantitative estimate of drug-likeness (QED) is 0.817. The molecule has 2 aliphatic heterocycles. The van der Waals surface area contributed by atoms with Crippen LogP contribution < -0.4 is 10.6 Å². The van der Waals surface area contributed by atoms with E-state index < -0.39 is 0 Å². The van der Waals surface area contributed by atoms with Gasteiger partial charge in [0.15, 0.2) is 0 Å². The third-order valence-electron chi connectivity index (χ3n) is 6.45. The van der Waals surface area contributed by atoms with E-state index >= 15 is 0 Å². The Morgan fingerprint density at radius 3 is 2.70 bits per heavy atom. The first-order valence-corrected chi connectivity index (χ1v) is 9.45. The van der Waals surface area contributed by atoms with Gasteiger partial charge in [0.25, 0.3) is 0 Å². The average molecular weight is 319 g/mol. The van der Waals surface area contributed by atoms with Crippen molar-refractivity contribution in [1.82, 2.24) is 15.5 Å². The molecule has 0 aromatic rings. The molecule has 1 spiro atoms. The molecule has 4 rings (SSSR count). The normalized spacial score (nSPS) is 32.6. The minimum atomic E-state index is 0.00849. The van der Waals surface area contributed by atoms with Crippen molar-refractivity contribution in [3.8, 4) is 0 Å². The van der Waals surface area contributed by atoms with Crippen LogP contribution in [0.1, 0.15) is 44.9 Å². The van der Waals surface area contributed by atoms with Gasteiger partial charge in [-0.05, 0) is 69.4 Å². The molecule has 2 amide bonds. The van der Waals surface area contributed by atoms with Gasteiger partial charge >= 0.3 is 0 Å². The fourth-order valence-corrected chi connectivity index (χ4v) is 4.50. The molecule has 2 unspecified atom stereocenters. The van der Waals surface area contributed by atoms with Crippen LogP contribution in [0.15, 0.2) is 0 Å². The summed E-state index contributed by atoms with van der Waals surface area (Å²) >= 11 is 0. The van der Waals surface area contributed by atoms with Crippen molar-refractivity contribution in [3.63, 3.8) is 0 Å². The predicted molar refractivity (Wildman–Crippen MR) is 87.7 cm³/mol. The first-order valence-electron chi connectivity index (χ1n) is 9.45. The van der Waals surface area contributed by atoms with Gasteiger partial charge in [-0.15, -0.1) is 0 Å². The Morgan fingerprint density at radius 1 is 1.17 bits per heavy atom. The Labute approximate surface area is 138 Å². The highest BCUT2D eigenvalue weighted by molar-refractivity contribution is 5.84. The van der Waals surface area contributed by atoms with Gasteiger partial charge in [-0.3, -0.25) is 9.59 Å². The van der Waals surface area contributed by atoms with Crippen molar-refractivity contribution in [2.75, 3.05) is 32.7 Å². The third kappa shape index (κ3) is 3.25. The van der Waals surface area contributed by atoms with E-state index in [-0.39, 0.29) is 17.7 Å². The van der Waals surface area contributed by atoms with E-state index in [1.807, 2.05) is 4.90 Å². The number of piperidine rings is 2. The summed E-state index contributed by atoms with van der Waals surface area (Å²) in [6.07, 6.45) is 7.77. The lowest BCUT2D eigenvalue weighted by Gasteiger charge is -2.33. The molecule has 4 fully saturated rings. The van der Waals surface area contributed by atoms with Gasteiger partial charge < -0.3 is 15.5 Å². The summed E-state index contributed by atoms with van der Waals surface area (Å²) in [7, 11) is 0.